The van der Waals surface area contributed by atoms with Gasteiger partial charge < -0.3 is 21.1 Å². The minimum absolute atomic E-state index is 0.106. The van der Waals surface area contributed by atoms with Crippen molar-refractivity contribution in [1.29, 1.82) is 0 Å². The summed E-state index contributed by atoms with van der Waals surface area (Å²) in [5.74, 6) is -0.371. The monoisotopic (exact) mass is 279 g/mol. The molecule has 4 N–H and O–H groups in total. The van der Waals surface area contributed by atoms with Crippen LogP contribution in [0.2, 0.25) is 0 Å². The molecule has 0 saturated carbocycles. The zero-order chi connectivity index (χ0) is 15.0. The van der Waals surface area contributed by atoms with Crippen molar-refractivity contribution >= 4 is 11.8 Å². The predicted octanol–water partition coefficient (Wildman–Crippen LogP) is 0.0262. The first-order chi connectivity index (χ1) is 9.58. The highest BCUT2D eigenvalue weighted by molar-refractivity contribution is 5.94. The van der Waals surface area contributed by atoms with Gasteiger partial charge in [-0.25, -0.2) is 0 Å². The second kappa shape index (κ2) is 8.29. The summed E-state index contributed by atoms with van der Waals surface area (Å²) in [5.41, 5.74) is 7.09. The summed E-state index contributed by atoms with van der Waals surface area (Å²) in [7, 11) is 1.49. The van der Waals surface area contributed by atoms with Gasteiger partial charge in [-0.1, -0.05) is 12.1 Å². The second-order valence-corrected chi connectivity index (χ2v) is 4.34. The number of carbonyl (C=O) groups excluding carboxylic acids is 2. The highest BCUT2D eigenvalue weighted by Crippen LogP contribution is 2.04. The van der Waals surface area contributed by atoms with Crippen molar-refractivity contribution in [3.8, 4) is 0 Å². The summed E-state index contributed by atoms with van der Waals surface area (Å²) in [6.07, 6.45) is 0. The average molecular weight is 279 g/mol. The summed E-state index contributed by atoms with van der Waals surface area (Å²) < 4.78 is 4.81. The van der Waals surface area contributed by atoms with E-state index in [1.54, 1.807) is 24.3 Å². The van der Waals surface area contributed by atoms with E-state index in [1.165, 1.54) is 7.11 Å². The molecule has 1 unspecified atom stereocenters. The molecule has 0 aliphatic heterocycles. The average Bonchev–Trinajstić information content (AvgIpc) is 2.45. The number of carbonyl (C=O) groups is 2. The molecule has 1 atom stereocenters. The van der Waals surface area contributed by atoms with Gasteiger partial charge in [0.1, 0.15) is 6.04 Å². The fourth-order valence-electron chi connectivity index (χ4n) is 1.61. The fraction of sp³-hybridized carbons (Fsp3) is 0.429. The van der Waals surface area contributed by atoms with Gasteiger partial charge in [0.15, 0.2) is 0 Å². The van der Waals surface area contributed by atoms with E-state index in [4.69, 9.17) is 10.5 Å². The minimum atomic E-state index is -0.672. The molecule has 2 amide bonds. The number of nitrogens with one attached hydrogen (secondary N) is 2. The topological polar surface area (TPSA) is 93.5 Å². The van der Waals surface area contributed by atoms with Crippen LogP contribution in [0.15, 0.2) is 24.3 Å². The standard InChI is InChI=1S/C14H21N3O3/c1-3-16-13(18)11-6-4-10(5-7-11)8-17-14(19)12(15)9-20-2/h4-7,12H,3,8-9,15H2,1-2H3,(H,16,18)(H,17,19). The lowest BCUT2D eigenvalue weighted by molar-refractivity contribution is -0.123. The van der Waals surface area contributed by atoms with E-state index in [0.29, 0.717) is 18.7 Å². The quantitative estimate of drug-likeness (QED) is 0.656. The normalized spacial score (nSPS) is 11.8. The molecule has 0 fully saturated rings. The van der Waals surface area contributed by atoms with Crippen LogP contribution in [0.4, 0.5) is 0 Å². The molecule has 1 aromatic rings. The maximum Gasteiger partial charge on any atom is 0.251 e. The first-order valence-corrected chi connectivity index (χ1v) is 6.47. The maximum absolute atomic E-state index is 11.6. The van der Waals surface area contributed by atoms with Crippen LogP contribution in [0.5, 0.6) is 0 Å². The molecule has 6 heteroatoms. The number of hydrogen-bond acceptors (Lipinski definition) is 4. The van der Waals surface area contributed by atoms with Gasteiger partial charge >= 0.3 is 0 Å². The first-order valence-electron chi connectivity index (χ1n) is 6.47. The molecular formula is C14H21N3O3. The Kier molecular flexibility index (Phi) is 6.69. The van der Waals surface area contributed by atoms with Crippen LogP contribution >= 0.6 is 0 Å². The van der Waals surface area contributed by atoms with Gasteiger partial charge in [0.05, 0.1) is 6.61 Å². The molecule has 0 aliphatic carbocycles. The molecule has 0 heterocycles. The SMILES string of the molecule is CCNC(=O)c1ccc(CNC(=O)C(N)COC)cc1. The molecule has 0 bridgehead atoms. The molecule has 0 spiro atoms. The molecule has 0 aromatic heterocycles. The first kappa shape index (κ1) is 16.1. The molecule has 6 nitrogen and oxygen atoms in total. The van der Waals surface area contributed by atoms with Crippen molar-refractivity contribution in [2.24, 2.45) is 5.73 Å². The Morgan fingerprint density at radius 3 is 2.45 bits per heavy atom. The van der Waals surface area contributed by atoms with E-state index in [2.05, 4.69) is 10.6 Å². The van der Waals surface area contributed by atoms with E-state index >= 15 is 0 Å². The Hall–Kier alpha value is -1.92. The van der Waals surface area contributed by atoms with Crippen molar-refractivity contribution in [2.45, 2.75) is 19.5 Å². The number of benzene rings is 1. The van der Waals surface area contributed by atoms with E-state index in [0.717, 1.165) is 5.56 Å². The predicted molar refractivity (Wildman–Crippen MR) is 76.1 cm³/mol. The van der Waals surface area contributed by atoms with Gasteiger partial charge in [0, 0.05) is 25.8 Å². The molecule has 1 aromatic carbocycles. The lowest BCUT2D eigenvalue weighted by atomic mass is 10.1. The summed E-state index contributed by atoms with van der Waals surface area (Å²) >= 11 is 0. The highest BCUT2D eigenvalue weighted by atomic mass is 16.5. The number of hydrogen-bond donors (Lipinski definition) is 3. The molecule has 0 aliphatic rings. The van der Waals surface area contributed by atoms with Crippen LogP contribution in [-0.4, -0.2) is 38.1 Å². The molecule has 0 radical (unpaired) electrons. The number of ether oxygens (including phenoxy) is 1. The Balaban J connectivity index is 2.49. The third-order valence-electron chi connectivity index (χ3n) is 2.70. The minimum Gasteiger partial charge on any atom is -0.383 e. The zero-order valence-electron chi connectivity index (χ0n) is 11.8. The summed E-state index contributed by atoms with van der Waals surface area (Å²) in [5, 5.41) is 5.43. The van der Waals surface area contributed by atoms with Gasteiger partial charge in [-0.3, -0.25) is 9.59 Å². The zero-order valence-corrected chi connectivity index (χ0v) is 11.8. The van der Waals surface area contributed by atoms with Crippen LogP contribution < -0.4 is 16.4 Å². The van der Waals surface area contributed by atoms with Crippen LogP contribution in [0, 0.1) is 0 Å². The second-order valence-electron chi connectivity index (χ2n) is 4.34. The Bertz CT molecular complexity index is 445. The lowest BCUT2D eigenvalue weighted by Crippen LogP contribution is -2.43. The lowest BCUT2D eigenvalue weighted by Gasteiger charge is -2.11. The highest BCUT2D eigenvalue weighted by Gasteiger charge is 2.12. The van der Waals surface area contributed by atoms with Crippen molar-refractivity contribution in [1.82, 2.24) is 10.6 Å². The number of methoxy groups -OCH3 is 1. The smallest absolute Gasteiger partial charge is 0.251 e. The van der Waals surface area contributed by atoms with Gasteiger partial charge in [0.25, 0.3) is 5.91 Å². The number of rotatable bonds is 7. The third-order valence-corrected chi connectivity index (χ3v) is 2.70. The largest absolute Gasteiger partial charge is 0.383 e. The van der Waals surface area contributed by atoms with E-state index in [1.807, 2.05) is 6.92 Å². The van der Waals surface area contributed by atoms with Gasteiger partial charge in [0.2, 0.25) is 5.91 Å². The Labute approximate surface area is 118 Å². The van der Waals surface area contributed by atoms with Crippen molar-refractivity contribution in [3.05, 3.63) is 35.4 Å². The van der Waals surface area contributed by atoms with Gasteiger partial charge in [-0.2, -0.15) is 0 Å². The van der Waals surface area contributed by atoms with Gasteiger partial charge in [-0.05, 0) is 24.6 Å². The summed E-state index contributed by atoms with van der Waals surface area (Å²) in [6, 6.07) is 6.37. The van der Waals surface area contributed by atoms with Crippen LogP contribution in [-0.2, 0) is 16.1 Å². The Morgan fingerprint density at radius 1 is 1.25 bits per heavy atom. The molecule has 20 heavy (non-hydrogen) atoms. The van der Waals surface area contributed by atoms with E-state index in [9.17, 15) is 9.59 Å². The van der Waals surface area contributed by atoms with Crippen LogP contribution in [0.25, 0.3) is 0 Å². The van der Waals surface area contributed by atoms with E-state index < -0.39 is 6.04 Å². The number of amides is 2. The molecule has 1 rings (SSSR count). The molecule has 110 valence electrons. The third kappa shape index (κ3) is 4.99. The van der Waals surface area contributed by atoms with Crippen molar-refractivity contribution in [3.63, 3.8) is 0 Å². The van der Waals surface area contributed by atoms with E-state index in [-0.39, 0.29) is 18.4 Å². The van der Waals surface area contributed by atoms with Crippen molar-refractivity contribution < 1.29 is 14.3 Å². The summed E-state index contributed by atoms with van der Waals surface area (Å²) in [6.45, 7) is 3.01. The number of nitrogens with two attached hydrogens (primary N) is 1. The fourth-order valence-corrected chi connectivity index (χ4v) is 1.61. The molecule has 0 saturated heterocycles. The maximum atomic E-state index is 11.6. The summed E-state index contributed by atoms with van der Waals surface area (Å²) in [4.78, 5) is 23.2. The van der Waals surface area contributed by atoms with Crippen molar-refractivity contribution in [2.75, 3.05) is 20.3 Å². The van der Waals surface area contributed by atoms with Crippen LogP contribution in [0.1, 0.15) is 22.8 Å². The van der Waals surface area contributed by atoms with Crippen LogP contribution in [0.3, 0.4) is 0 Å². The van der Waals surface area contributed by atoms with Gasteiger partial charge in [-0.15, -0.1) is 0 Å². The Morgan fingerprint density at radius 2 is 1.90 bits per heavy atom. The molecular weight excluding hydrogens is 258 g/mol.